The molecule has 2 heterocycles. The van der Waals surface area contributed by atoms with Crippen LogP contribution in [0.2, 0.25) is 0 Å². The zero-order valence-corrected chi connectivity index (χ0v) is 11.8. The molecule has 0 saturated carbocycles. The topological polar surface area (TPSA) is 85.9 Å². The molecule has 7 nitrogen and oxygen atoms in total. The lowest BCUT2D eigenvalue weighted by atomic mass is 9.81. The Balaban J connectivity index is 1.91. The number of aromatic nitrogens is 3. The van der Waals surface area contributed by atoms with Crippen LogP contribution in [0.3, 0.4) is 0 Å². The maximum atomic E-state index is 11.4. The monoisotopic (exact) mass is 297 g/mol. The van der Waals surface area contributed by atoms with Gasteiger partial charge < -0.3 is 5.32 Å². The summed E-state index contributed by atoms with van der Waals surface area (Å²) in [6.45, 7) is 0. The number of rotatable bonds is 2. The van der Waals surface area contributed by atoms with Crippen LogP contribution >= 0.6 is 0 Å². The summed E-state index contributed by atoms with van der Waals surface area (Å²) in [4.78, 5) is 15.3. The van der Waals surface area contributed by atoms with E-state index < -0.39 is 0 Å². The number of para-hydroxylation sites is 1. The van der Waals surface area contributed by atoms with E-state index in [1.807, 2.05) is 12.1 Å². The Labute approximate surface area is 126 Å². The molecule has 1 aliphatic heterocycles. The second-order valence-corrected chi connectivity index (χ2v) is 5.61. The Morgan fingerprint density at radius 2 is 2.23 bits per heavy atom. The van der Waals surface area contributed by atoms with Gasteiger partial charge in [0.05, 0.1) is 16.5 Å². The standard InChI is InChI=1S/C15H15N5O2/c21-20(22)13-8-4-2-6-11(13)14-10-5-1-3-7-12(10)18-15-16-9-17-19(14)15/h2,4,6-10,14H,1,3,5H2,(H,16,17,18). The first-order chi connectivity index (χ1) is 10.8. The molecule has 7 heteroatoms. The van der Waals surface area contributed by atoms with Crippen molar-refractivity contribution in [2.24, 2.45) is 5.92 Å². The average Bonchev–Trinajstić information content (AvgIpc) is 3.00. The van der Waals surface area contributed by atoms with Gasteiger partial charge in [-0.25, -0.2) is 4.68 Å². The molecule has 2 aromatic rings. The van der Waals surface area contributed by atoms with Crippen molar-refractivity contribution in [2.75, 3.05) is 5.32 Å². The van der Waals surface area contributed by atoms with E-state index in [2.05, 4.69) is 21.5 Å². The lowest BCUT2D eigenvalue weighted by Crippen LogP contribution is -2.34. The summed E-state index contributed by atoms with van der Waals surface area (Å²) in [5, 5.41) is 19.0. The third-order valence-corrected chi connectivity index (χ3v) is 4.41. The van der Waals surface area contributed by atoms with Crippen molar-refractivity contribution < 1.29 is 4.92 Å². The summed E-state index contributed by atoms with van der Waals surface area (Å²) < 4.78 is 1.77. The van der Waals surface area contributed by atoms with Gasteiger partial charge in [-0.1, -0.05) is 18.2 Å². The molecule has 0 radical (unpaired) electrons. The fourth-order valence-electron chi connectivity index (χ4n) is 3.47. The molecule has 0 bridgehead atoms. The molecular weight excluding hydrogens is 282 g/mol. The van der Waals surface area contributed by atoms with Crippen molar-refractivity contribution in [3.05, 3.63) is 58.0 Å². The summed E-state index contributed by atoms with van der Waals surface area (Å²) in [5.74, 6) is 0.816. The normalized spacial score (nSPS) is 23.0. The minimum Gasteiger partial charge on any atom is -0.328 e. The van der Waals surface area contributed by atoms with Crippen molar-refractivity contribution in [3.8, 4) is 0 Å². The number of hydrogen-bond donors (Lipinski definition) is 1. The predicted octanol–water partition coefficient (Wildman–Crippen LogP) is 2.89. The number of benzene rings is 1. The Morgan fingerprint density at radius 1 is 1.36 bits per heavy atom. The van der Waals surface area contributed by atoms with Crippen LogP contribution in [-0.4, -0.2) is 19.7 Å². The SMILES string of the molecule is O=[N+]([O-])c1ccccc1C1C2CCCC=C2Nc2ncnn21. The highest BCUT2D eigenvalue weighted by Gasteiger charge is 2.39. The first-order valence-electron chi connectivity index (χ1n) is 7.35. The molecule has 112 valence electrons. The van der Waals surface area contributed by atoms with Gasteiger partial charge in [-0.05, 0) is 25.3 Å². The van der Waals surface area contributed by atoms with Gasteiger partial charge in [0.2, 0.25) is 5.95 Å². The number of hydrogen-bond acceptors (Lipinski definition) is 5. The van der Waals surface area contributed by atoms with Crippen LogP contribution in [0.1, 0.15) is 30.9 Å². The number of nitro groups is 1. The van der Waals surface area contributed by atoms with E-state index in [-0.39, 0.29) is 22.6 Å². The van der Waals surface area contributed by atoms with E-state index in [9.17, 15) is 10.1 Å². The first kappa shape index (κ1) is 13.0. The second-order valence-electron chi connectivity index (χ2n) is 5.61. The van der Waals surface area contributed by atoms with Crippen LogP contribution in [0.15, 0.2) is 42.4 Å². The van der Waals surface area contributed by atoms with Crippen LogP contribution < -0.4 is 5.32 Å². The Kier molecular flexibility index (Phi) is 2.92. The largest absolute Gasteiger partial charge is 0.328 e. The Bertz CT molecular complexity index is 767. The lowest BCUT2D eigenvalue weighted by Gasteiger charge is -2.36. The molecule has 0 fully saturated rings. The average molecular weight is 297 g/mol. The molecule has 2 atom stereocenters. The van der Waals surface area contributed by atoms with Gasteiger partial charge in [-0.2, -0.15) is 10.1 Å². The third-order valence-electron chi connectivity index (χ3n) is 4.41. The van der Waals surface area contributed by atoms with Gasteiger partial charge in [0.25, 0.3) is 5.69 Å². The fraction of sp³-hybridized carbons (Fsp3) is 0.333. The van der Waals surface area contributed by atoms with E-state index in [1.165, 1.54) is 6.33 Å². The van der Waals surface area contributed by atoms with Crippen molar-refractivity contribution in [1.29, 1.82) is 0 Å². The first-order valence-corrected chi connectivity index (χ1v) is 7.35. The minimum absolute atomic E-state index is 0.140. The molecule has 2 aliphatic rings. The van der Waals surface area contributed by atoms with Gasteiger partial charge in [-0.15, -0.1) is 0 Å². The molecule has 4 rings (SSSR count). The summed E-state index contributed by atoms with van der Waals surface area (Å²) in [5.41, 5.74) is 1.94. The summed E-state index contributed by atoms with van der Waals surface area (Å²) in [6.07, 6.45) is 6.75. The highest BCUT2D eigenvalue weighted by Crippen LogP contribution is 2.44. The second kappa shape index (κ2) is 4.94. The highest BCUT2D eigenvalue weighted by molar-refractivity contribution is 5.49. The van der Waals surface area contributed by atoms with E-state index in [0.29, 0.717) is 11.5 Å². The van der Waals surface area contributed by atoms with Crippen LogP contribution in [0.5, 0.6) is 0 Å². The molecular formula is C15H15N5O2. The van der Waals surface area contributed by atoms with E-state index in [1.54, 1.807) is 16.8 Å². The number of fused-ring (bicyclic) bond motifs is 2. The van der Waals surface area contributed by atoms with Gasteiger partial charge in [0.15, 0.2) is 0 Å². The van der Waals surface area contributed by atoms with Gasteiger partial charge in [0.1, 0.15) is 6.33 Å². The summed E-state index contributed by atoms with van der Waals surface area (Å²) in [6, 6.07) is 6.73. The van der Waals surface area contributed by atoms with Crippen LogP contribution in [0.25, 0.3) is 0 Å². The summed E-state index contributed by atoms with van der Waals surface area (Å²) in [7, 11) is 0. The molecule has 0 saturated heterocycles. The Hall–Kier alpha value is -2.70. The Morgan fingerprint density at radius 3 is 3.09 bits per heavy atom. The van der Waals surface area contributed by atoms with Gasteiger partial charge in [-0.3, -0.25) is 10.1 Å². The van der Waals surface area contributed by atoms with E-state index >= 15 is 0 Å². The van der Waals surface area contributed by atoms with Gasteiger partial charge >= 0.3 is 0 Å². The maximum Gasteiger partial charge on any atom is 0.274 e. The van der Waals surface area contributed by atoms with E-state index in [4.69, 9.17) is 0 Å². The lowest BCUT2D eigenvalue weighted by molar-refractivity contribution is -0.385. The third kappa shape index (κ3) is 1.89. The smallest absolute Gasteiger partial charge is 0.274 e. The molecule has 0 amide bonds. The maximum absolute atomic E-state index is 11.4. The number of anilines is 1. The number of allylic oxidation sites excluding steroid dienone is 2. The highest BCUT2D eigenvalue weighted by atomic mass is 16.6. The number of nitrogens with one attached hydrogen (secondary N) is 1. The van der Waals surface area contributed by atoms with Crippen molar-refractivity contribution in [1.82, 2.24) is 14.8 Å². The van der Waals surface area contributed by atoms with Crippen molar-refractivity contribution in [3.63, 3.8) is 0 Å². The van der Waals surface area contributed by atoms with E-state index in [0.717, 1.165) is 25.0 Å². The molecule has 2 unspecified atom stereocenters. The van der Waals surface area contributed by atoms with Gasteiger partial charge in [0, 0.05) is 17.7 Å². The van der Waals surface area contributed by atoms with Crippen LogP contribution in [0, 0.1) is 16.0 Å². The van der Waals surface area contributed by atoms with Crippen molar-refractivity contribution in [2.45, 2.75) is 25.3 Å². The molecule has 22 heavy (non-hydrogen) atoms. The van der Waals surface area contributed by atoms with Crippen molar-refractivity contribution >= 4 is 11.6 Å². The fourth-order valence-corrected chi connectivity index (χ4v) is 3.47. The zero-order chi connectivity index (χ0) is 15.1. The molecule has 1 aliphatic carbocycles. The number of nitrogens with zero attached hydrogens (tertiary/aromatic N) is 4. The molecule has 1 aromatic carbocycles. The predicted molar refractivity (Wildman–Crippen MR) is 80.3 cm³/mol. The summed E-state index contributed by atoms with van der Waals surface area (Å²) >= 11 is 0. The number of nitro benzene ring substituents is 1. The minimum atomic E-state index is -0.319. The molecule has 1 N–H and O–H groups in total. The zero-order valence-electron chi connectivity index (χ0n) is 11.8. The molecule has 0 spiro atoms. The van der Waals surface area contributed by atoms with Crippen LogP contribution in [0.4, 0.5) is 11.6 Å². The molecule has 1 aromatic heterocycles. The quantitative estimate of drug-likeness (QED) is 0.680. The van der Waals surface area contributed by atoms with Crippen LogP contribution in [-0.2, 0) is 0 Å².